The van der Waals surface area contributed by atoms with Crippen LogP contribution in [0.25, 0.3) is 0 Å². The number of nitrogens with one attached hydrogen (secondary N) is 1. The molecule has 1 amide bonds. The van der Waals surface area contributed by atoms with Gasteiger partial charge in [-0.3, -0.25) is 4.79 Å². The summed E-state index contributed by atoms with van der Waals surface area (Å²) in [6.45, 7) is 4.68. The number of nitrogens with two attached hydrogens (primary N) is 1. The van der Waals surface area contributed by atoms with E-state index in [0.717, 1.165) is 6.61 Å². The van der Waals surface area contributed by atoms with Crippen molar-refractivity contribution in [1.82, 2.24) is 5.32 Å². The van der Waals surface area contributed by atoms with Crippen molar-refractivity contribution >= 4 is 5.91 Å². The molecule has 3 N–H and O–H groups in total. The van der Waals surface area contributed by atoms with E-state index in [4.69, 9.17) is 10.5 Å². The third-order valence-electron chi connectivity index (χ3n) is 4.38. The molecule has 4 nitrogen and oxygen atoms in total. The predicted molar refractivity (Wildman–Crippen MR) is 77.9 cm³/mol. The number of hydrogen-bond donors (Lipinski definition) is 2. The normalized spacial score (nSPS) is 22.5. The molecule has 0 spiro atoms. The molecule has 0 aliphatic heterocycles. The number of amides is 1. The van der Waals surface area contributed by atoms with E-state index in [1.165, 1.54) is 38.5 Å². The van der Waals surface area contributed by atoms with Crippen LogP contribution in [0, 0.1) is 5.92 Å². The van der Waals surface area contributed by atoms with Crippen LogP contribution < -0.4 is 11.1 Å². The molecule has 1 saturated carbocycles. The van der Waals surface area contributed by atoms with Gasteiger partial charge in [0.2, 0.25) is 5.91 Å². The monoisotopic (exact) mass is 270 g/mol. The Labute approximate surface area is 117 Å². The lowest BCUT2D eigenvalue weighted by Gasteiger charge is -2.29. The molecule has 1 rings (SSSR count). The van der Waals surface area contributed by atoms with Gasteiger partial charge in [0.1, 0.15) is 0 Å². The highest BCUT2D eigenvalue weighted by Gasteiger charge is 2.31. The van der Waals surface area contributed by atoms with Gasteiger partial charge in [-0.25, -0.2) is 0 Å². The predicted octanol–water partition coefficient (Wildman–Crippen LogP) is 2.22. The molecule has 112 valence electrons. The molecule has 2 unspecified atom stereocenters. The maximum absolute atomic E-state index is 11.4. The van der Waals surface area contributed by atoms with Crippen molar-refractivity contribution in [3.05, 3.63) is 0 Å². The number of carbonyl (C=O) groups is 1. The van der Waals surface area contributed by atoms with Crippen molar-refractivity contribution in [2.45, 2.75) is 70.4 Å². The number of rotatable bonds is 7. The van der Waals surface area contributed by atoms with Crippen LogP contribution in [0.5, 0.6) is 0 Å². The number of hydrogen-bond acceptors (Lipinski definition) is 3. The highest BCUT2D eigenvalue weighted by Crippen LogP contribution is 2.24. The van der Waals surface area contributed by atoms with E-state index < -0.39 is 5.54 Å². The van der Waals surface area contributed by atoms with Crippen LogP contribution >= 0.6 is 0 Å². The van der Waals surface area contributed by atoms with Crippen molar-refractivity contribution in [2.24, 2.45) is 11.7 Å². The van der Waals surface area contributed by atoms with E-state index in [-0.39, 0.29) is 12.0 Å². The zero-order valence-corrected chi connectivity index (χ0v) is 12.7. The maximum Gasteiger partial charge on any atom is 0.237 e. The summed E-state index contributed by atoms with van der Waals surface area (Å²) in [6, 6.07) is 0. The Morgan fingerprint density at radius 1 is 1.37 bits per heavy atom. The summed E-state index contributed by atoms with van der Waals surface area (Å²) in [7, 11) is 1.77. The van der Waals surface area contributed by atoms with E-state index in [1.54, 1.807) is 7.05 Å². The molecule has 0 aromatic carbocycles. The fraction of sp³-hybridized carbons (Fsp3) is 0.933. The lowest BCUT2D eigenvalue weighted by molar-refractivity contribution is -0.125. The van der Waals surface area contributed by atoms with Gasteiger partial charge in [0.25, 0.3) is 0 Å². The first-order chi connectivity index (χ1) is 8.98. The molecule has 2 atom stereocenters. The van der Waals surface area contributed by atoms with Gasteiger partial charge in [0.15, 0.2) is 0 Å². The minimum absolute atomic E-state index is 0.0493. The van der Waals surface area contributed by atoms with E-state index in [9.17, 15) is 4.79 Å². The minimum Gasteiger partial charge on any atom is -0.378 e. The maximum atomic E-state index is 11.4. The first-order valence-corrected chi connectivity index (χ1v) is 7.58. The number of likely N-dealkylation sites (N-methyl/N-ethyl adjacent to an activating group) is 1. The van der Waals surface area contributed by atoms with E-state index in [1.807, 2.05) is 13.8 Å². The summed E-state index contributed by atoms with van der Waals surface area (Å²) in [6.07, 6.45) is 8.63. The Hall–Kier alpha value is -0.610. The molecule has 1 aliphatic carbocycles. The van der Waals surface area contributed by atoms with Crippen LogP contribution in [0.3, 0.4) is 0 Å². The topological polar surface area (TPSA) is 64.3 Å². The molecule has 0 heterocycles. The molecule has 0 radical (unpaired) electrons. The third kappa shape index (κ3) is 5.49. The summed E-state index contributed by atoms with van der Waals surface area (Å²) < 4.78 is 5.94. The minimum atomic E-state index is -0.678. The Morgan fingerprint density at radius 2 is 1.95 bits per heavy atom. The molecule has 0 aromatic heterocycles. The van der Waals surface area contributed by atoms with Crippen LogP contribution in [0.4, 0.5) is 0 Å². The van der Waals surface area contributed by atoms with Gasteiger partial charge in [-0.1, -0.05) is 25.7 Å². The molecule has 4 heteroatoms. The van der Waals surface area contributed by atoms with Crippen molar-refractivity contribution in [3.8, 4) is 0 Å². The molecule has 0 bridgehead atoms. The molecule has 19 heavy (non-hydrogen) atoms. The quantitative estimate of drug-likeness (QED) is 0.697. The second-order valence-corrected chi connectivity index (χ2v) is 6.15. The summed E-state index contributed by atoms with van der Waals surface area (Å²) in [4.78, 5) is 11.4. The van der Waals surface area contributed by atoms with Crippen LogP contribution in [0.1, 0.15) is 58.8 Å². The van der Waals surface area contributed by atoms with Crippen molar-refractivity contribution in [3.63, 3.8) is 0 Å². The van der Waals surface area contributed by atoms with Crippen molar-refractivity contribution < 1.29 is 9.53 Å². The van der Waals surface area contributed by atoms with E-state index in [0.29, 0.717) is 12.3 Å². The molecule has 0 aromatic rings. The zero-order chi connectivity index (χ0) is 14.3. The first kappa shape index (κ1) is 16.4. The molecular weight excluding hydrogens is 240 g/mol. The van der Waals surface area contributed by atoms with Crippen molar-refractivity contribution in [2.75, 3.05) is 13.7 Å². The Morgan fingerprint density at radius 3 is 2.42 bits per heavy atom. The lowest BCUT2D eigenvalue weighted by atomic mass is 9.94. The van der Waals surface area contributed by atoms with Crippen molar-refractivity contribution in [1.29, 1.82) is 0 Å². The smallest absolute Gasteiger partial charge is 0.237 e. The van der Waals surface area contributed by atoms with Gasteiger partial charge in [0, 0.05) is 13.0 Å². The van der Waals surface area contributed by atoms with E-state index in [2.05, 4.69) is 5.32 Å². The summed E-state index contributed by atoms with van der Waals surface area (Å²) >= 11 is 0. The zero-order valence-electron chi connectivity index (χ0n) is 12.7. The van der Waals surface area contributed by atoms with Gasteiger partial charge in [0.05, 0.1) is 11.6 Å². The summed E-state index contributed by atoms with van der Waals surface area (Å²) in [5.41, 5.74) is 4.75. The fourth-order valence-corrected chi connectivity index (χ4v) is 2.79. The number of primary amides is 1. The second-order valence-electron chi connectivity index (χ2n) is 6.15. The SMILES string of the molecule is CNC(C)(CC(C)OCC1CCCCCC1)C(N)=O. The molecule has 1 aliphatic rings. The number of ether oxygens (including phenoxy) is 1. The standard InChI is InChI=1S/C15H30N2O2/c1-12(10-15(2,17-3)14(16)18)19-11-13-8-6-4-5-7-9-13/h12-13,17H,4-11H2,1-3H3,(H2,16,18). The van der Waals surface area contributed by atoms with Gasteiger partial charge in [-0.05, 0) is 39.7 Å². The Balaban J connectivity index is 2.33. The second kappa shape index (κ2) is 7.85. The molecule has 1 fully saturated rings. The van der Waals surface area contributed by atoms with Gasteiger partial charge >= 0.3 is 0 Å². The van der Waals surface area contributed by atoms with Crippen LogP contribution in [0.2, 0.25) is 0 Å². The highest BCUT2D eigenvalue weighted by molar-refractivity contribution is 5.84. The summed E-state index contributed by atoms with van der Waals surface area (Å²) in [5, 5.41) is 3.00. The highest BCUT2D eigenvalue weighted by atomic mass is 16.5. The first-order valence-electron chi connectivity index (χ1n) is 7.58. The van der Waals surface area contributed by atoms with E-state index >= 15 is 0 Å². The summed E-state index contributed by atoms with van der Waals surface area (Å²) in [5.74, 6) is 0.374. The van der Waals surface area contributed by atoms with Gasteiger partial charge in [-0.15, -0.1) is 0 Å². The average Bonchev–Trinajstić information content (AvgIpc) is 2.64. The van der Waals surface area contributed by atoms with Gasteiger partial charge in [-0.2, -0.15) is 0 Å². The largest absolute Gasteiger partial charge is 0.378 e. The molecule has 0 saturated heterocycles. The van der Waals surface area contributed by atoms with Crippen LogP contribution in [0.15, 0.2) is 0 Å². The van der Waals surface area contributed by atoms with Crippen LogP contribution in [-0.2, 0) is 9.53 Å². The lowest BCUT2D eigenvalue weighted by Crippen LogP contribution is -2.53. The average molecular weight is 270 g/mol. The molecular formula is C15H30N2O2. The Kier molecular flexibility index (Phi) is 6.80. The number of carbonyl (C=O) groups excluding carboxylic acids is 1. The fourth-order valence-electron chi connectivity index (χ4n) is 2.79. The van der Waals surface area contributed by atoms with Crippen LogP contribution in [-0.4, -0.2) is 31.2 Å². The third-order valence-corrected chi connectivity index (χ3v) is 4.38. The van der Waals surface area contributed by atoms with Gasteiger partial charge < -0.3 is 15.8 Å². The Bertz CT molecular complexity index is 275.